The van der Waals surface area contributed by atoms with Crippen molar-refractivity contribution < 1.29 is 8.42 Å². The molecule has 156 valence electrons. The first-order valence-corrected chi connectivity index (χ1v) is 11.8. The molecule has 1 saturated carbocycles. The van der Waals surface area contributed by atoms with E-state index in [9.17, 15) is 8.42 Å². The summed E-state index contributed by atoms with van der Waals surface area (Å²) in [5.74, 6) is 1.86. The molecular formula is C21H34N4O2S. The van der Waals surface area contributed by atoms with Crippen LogP contribution in [0.1, 0.15) is 51.8 Å². The smallest absolute Gasteiger partial charge is 0.242 e. The lowest BCUT2D eigenvalue weighted by Crippen LogP contribution is -2.35. The van der Waals surface area contributed by atoms with Gasteiger partial charge in [0.25, 0.3) is 0 Å². The Balaban J connectivity index is 1.92. The lowest BCUT2D eigenvalue weighted by molar-refractivity contribution is 0.159. The summed E-state index contributed by atoms with van der Waals surface area (Å²) in [6, 6.07) is 5.92. The Bertz CT molecular complexity index is 912. The monoisotopic (exact) mass is 406 g/mol. The van der Waals surface area contributed by atoms with Gasteiger partial charge in [-0.2, -0.15) is 0 Å². The third kappa shape index (κ3) is 4.26. The van der Waals surface area contributed by atoms with Gasteiger partial charge in [0, 0.05) is 26.7 Å². The second-order valence-electron chi connectivity index (χ2n) is 8.45. The largest absolute Gasteiger partial charge is 0.327 e. The van der Waals surface area contributed by atoms with Crippen molar-refractivity contribution in [3.63, 3.8) is 0 Å². The third-order valence-corrected chi connectivity index (χ3v) is 7.84. The Labute approximate surface area is 169 Å². The van der Waals surface area contributed by atoms with Crippen molar-refractivity contribution in [2.75, 3.05) is 21.1 Å². The summed E-state index contributed by atoms with van der Waals surface area (Å²) in [5, 5.41) is 0. The Hall–Kier alpha value is -1.44. The van der Waals surface area contributed by atoms with Crippen LogP contribution in [0.3, 0.4) is 0 Å². The fraction of sp³-hybridized carbons (Fsp3) is 0.667. The summed E-state index contributed by atoms with van der Waals surface area (Å²) in [4.78, 5) is 7.58. The van der Waals surface area contributed by atoms with Crippen LogP contribution in [0.25, 0.3) is 11.0 Å². The van der Waals surface area contributed by atoms with Crippen molar-refractivity contribution in [3.05, 3.63) is 24.0 Å². The van der Waals surface area contributed by atoms with Crippen LogP contribution in [0, 0.1) is 5.92 Å². The van der Waals surface area contributed by atoms with Crippen LogP contribution in [0.4, 0.5) is 0 Å². The molecule has 1 fully saturated rings. The minimum atomic E-state index is -3.46. The van der Waals surface area contributed by atoms with E-state index in [1.54, 1.807) is 26.2 Å². The number of fused-ring (bicyclic) bond motifs is 1. The molecule has 0 aliphatic heterocycles. The minimum absolute atomic E-state index is 0.298. The van der Waals surface area contributed by atoms with E-state index in [0.29, 0.717) is 10.9 Å². The molecule has 1 aliphatic carbocycles. The van der Waals surface area contributed by atoms with Gasteiger partial charge in [-0.1, -0.05) is 13.8 Å². The molecule has 1 aliphatic rings. The molecule has 0 saturated heterocycles. The van der Waals surface area contributed by atoms with Crippen LogP contribution in [0.5, 0.6) is 0 Å². The molecule has 6 nitrogen and oxygen atoms in total. The van der Waals surface area contributed by atoms with Crippen molar-refractivity contribution in [3.8, 4) is 0 Å². The number of aryl methyl sites for hydroxylation is 1. The van der Waals surface area contributed by atoms with Gasteiger partial charge in [-0.3, -0.25) is 4.90 Å². The predicted octanol–water partition coefficient (Wildman–Crippen LogP) is 3.71. The lowest BCUT2D eigenvalue weighted by atomic mass is 9.87. The average molecular weight is 407 g/mol. The molecule has 28 heavy (non-hydrogen) atoms. The van der Waals surface area contributed by atoms with Gasteiger partial charge >= 0.3 is 0 Å². The van der Waals surface area contributed by atoms with Gasteiger partial charge < -0.3 is 4.57 Å². The van der Waals surface area contributed by atoms with Gasteiger partial charge in [-0.15, -0.1) is 0 Å². The zero-order valence-electron chi connectivity index (χ0n) is 17.9. The molecule has 3 rings (SSSR count). The fourth-order valence-corrected chi connectivity index (χ4v) is 5.08. The lowest BCUT2D eigenvalue weighted by Gasteiger charge is -2.33. The van der Waals surface area contributed by atoms with Crippen molar-refractivity contribution in [1.82, 2.24) is 18.8 Å². The predicted molar refractivity (Wildman–Crippen MR) is 114 cm³/mol. The first-order chi connectivity index (χ1) is 13.2. The summed E-state index contributed by atoms with van der Waals surface area (Å²) in [6.45, 7) is 6.19. The maximum Gasteiger partial charge on any atom is 0.242 e. The number of hydrogen-bond acceptors (Lipinski definition) is 4. The summed E-state index contributed by atoms with van der Waals surface area (Å²) in [7, 11) is 1.85. The van der Waals surface area contributed by atoms with E-state index in [-0.39, 0.29) is 0 Å². The molecule has 0 unspecified atom stereocenters. The number of sulfonamides is 1. The van der Waals surface area contributed by atoms with Crippen molar-refractivity contribution >= 4 is 21.1 Å². The van der Waals surface area contributed by atoms with E-state index >= 15 is 0 Å². The first kappa shape index (κ1) is 21.3. The highest BCUT2D eigenvalue weighted by molar-refractivity contribution is 7.89. The van der Waals surface area contributed by atoms with Gasteiger partial charge in [-0.05, 0) is 63.3 Å². The molecule has 0 atom stereocenters. The Morgan fingerprint density at radius 1 is 1.14 bits per heavy atom. The number of nitrogens with zero attached hydrogens (tertiary/aromatic N) is 4. The zero-order valence-corrected chi connectivity index (χ0v) is 18.7. The molecule has 1 heterocycles. The number of rotatable bonds is 7. The molecule has 0 spiro atoms. The molecule has 0 bridgehead atoms. The Morgan fingerprint density at radius 2 is 1.82 bits per heavy atom. The standard InChI is InChI=1S/C21H34N4O2S/c1-6-13-25-20-12-11-18(28(26,27)23(3)4)14-19(20)22-21(25)15-24(5)17-9-7-16(2)8-10-17/h11-12,14,16-17H,6-10,13,15H2,1-5H3. The molecule has 7 heteroatoms. The number of benzene rings is 1. The molecule has 0 radical (unpaired) electrons. The topological polar surface area (TPSA) is 58.4 Å². The fourth-order valence-electron chi connectivity index (χ4n) is 4.16. The average Bonchev–Trinajstić information content (AvgIpc) is 2.99. The quantitative estimate of drug-likeness (QED) is 0.703. The normalized spacial score (nSPS) is 21.1. The van der Waals surface area contributed by atoms with Crippen LogP contribution < -0.4 is 0 Å². The Kier molecular flexibility index (Phi) is 6.47. The van der Waals surface area contributed by atoms with Gasteiger partial charge in [0.15, 0.2) is 0 Å². The first-order valence-electron chi connectivity index (χ1n) is 10.4. The van der Waals surface area contributed by atoms with Crippen molar-refractivity contribution in [2.45, 2.75) is 70.0 Å². The molecule has 0 amide bonds. The molecule has 2 aromatic rings. The Morgan fingerprint density at radius 3 is 2.43 bits per heavy atom. The van der Waals surface area contributed by atoms with E-state index in [0.717, 1.165) is 42.3 Å². The van der Waals surface area contributed by atoms with E-state index in [1.807, 2.05) is 6.07 Å². The van der Waals surface area contributed by atoms with Crippen LogP contribution in [0.15, 0.2) is 23.1 Å². The maximum absolute atomic E-state index is 12.5. The summed E-state index contributed by atoms with van der Waals surface area (Å²) < 4.78 is 28.5. The van der Waals surface area contributed by atoms with Crippen LogP contribution in [0.2, 0.25) is 0 Å². The van der Waals surface area contributed by atoms with Gasteiger partial charge in [0.1, 0.15) is 5.82 Å². The van der Waals surface area contributed by atoms with Crippen LogP contribution in [-0.2, 0) is 23.1 Å². The molecular weight excluding hydrogens is 372 g/mol. The van der Waals surface area contributed by atoms with Crippen LogP contribution >= 0.6 is 0 Å². The second kappa shape index (κ2) is 8.51. The van der Waals surface area contributed by atoms with Gasteiger partial charge in [0.05, 0.1) is 22.5 Å². The van der Waals surface area contributed by atoms with E-state index < -0.39 is 10.0 Å². The van der Waals surface area contributed by atoms with Crippen molar-refractivity contribution in [2.24, 2.45) is 5.92 Å². The van der Waals surface area contributed by atoms with E-state index in [1.165, 1.54) is 30.0 Å². The third-order valence-electron chi connectivity index (χ3n) is 6.02. The summed E-state index contributed by atoms with van der Waals surface area (Å²) in [6.07, 6.45) is 6.10. The highest BCUT2D eigenvalue weighted by Crippen LogP contribution is 2.28. The number of imidazole rings is 1. The maximum atomic E-state index is 12.5. The van der Waals surface area contributed by atoms with Crippen molar-refractivity contribution in [1.29, 1.82) is 0 Å². The van der Waals surface area contributed by atoms with E-state index in [4.69, 9.17) is 4.98 Å². The molecule has 0 N–H and O–H groups in total. The van der Waals surface area contributed by atoms with E-state index in [2.05, 4.69) is 30.4 Å². The van der Waals surface area contributed by atoms with Gasteiger partial charge in [0.2, 0.25) is 10.0 Å². The van der Waals surface area contributed by atoms with Crippen LogP contribution in [-0.4, -0.2) is 54.4 Å². The molecule has 1 aromatic heterocycles. The number of aromatic nitrogens is 2. The summed E-state index contributed by atoms with van der Waals surface area (Å²) >= 11 is 0. The van der Waals surface area contributed by atoms with Gasteiger partial charge in [-0.25, -0.2) is 17.7 Å². The number of hydrogen-bond donors (Lipinski definition) is 0. The highest BCUT2D eigenvalue weighted by Gasteiger charge is 2.24. The second-order valence-corrected chi connectivity index (χ2v) is 10.6. The molecule has 1 aromatic carbocycles. The summed E-state index contributed by atoms with van der Waals surface area (Å²) in [5.41, 5.74) is 1.78. The SMILES string of the molecule is CCCn1c(CN(C)C2CCC(C)CC2)nc2cc(S(=O)(=O)N(C)C)ccc21. The highest BCUT2D eigenvalue weighted by atomic mass is 32.2. The minimum Gasteiger partial charge on any atom is -0.327 e. The zero-order chi connectivity index (χ0) is 20.5.